The maximum absolute atomic E-state index is 13.8. The van der Waals surface area contributed by atoms with Crippen molar-refractivity contribution >= 4 is 23.2 Å². The van der Waals surface area contributed by atoms with Gasteiger partial charge in [0.1, 0.15) is 5.75 Å². The summed E-state index contributed by atoms with van der Waals surface area (Å²) in [7, 11) is 0. The fraction of sp³-hybridized carbons (Fsp3) is 0.143. The van der Waals surface area contributed by atoms with Crippen LogP contribution < -0.4 is 10.5 Å². The molecule has 0 aliphatic heterocycles. The van der Waals surface area contributed by atoms with Crippen molar-refractivity contribution in [1.29, 1.82) is 0 Å². The van der Waals surface area contributed by atoms with Crippen LogP contribution in [0.15, 0.2) is 36.4 Å². The summed E-state index contributed by atoms with van der Waals surface area (Å²) in [5.41, 5.74) is 6.20. The summed E-state index contributed by atoms with van der Waals surface area (Å²) in [5, 5.41) is 0.822. The molecule has 0 spiro atoms. The molecule has 0 unspecified atom stereocenters. The molecule has 2 N–H and O–H groups in total. The van der Waals surface area contributed by atoms with Crippen molar-refractivity contribution in [3.8, 4) is 11.5 Å². The quantitative estimate of drug-likeness (QED) is 0.906. The first-order valence-electron chi connectivity index (χ1n) is 5.72. The second-order valence-electron chi connectivity index (χ2n) is 3.94. The molecule has 2 aromatic carbocycles. The number of halogens is 3. The normalized spacial score (nSPS) is 10.5. The van der Waals surface area contributed by atoms with Crippen molar-refractivity contribution in [3.63, 3.8) is 0 Å². The molecular weight excluding hydrogens is 288 g/mol. The van der Waals surface area contributed by atoms with Crippen molar-refractivity contribution in [1.82, 2.24) is 0 Å². The van der Waals surface area contributed by atoms with Gasteiger partial charge in [-0.3, -0.25) is 0 Å². The summed E-state index contributed by atoms with van der Waals surface area (Å²) in [4.78, 5) is 0. The van der Waals surface area contributed by atoms with Crippen molar-refractivity contribution in [3.05, 3.63) is 57.8 Å². The standard InChI is InChI=1S/C14H12Cl2FNO/c15-10-4-5-13(11(16)8-10)19-14-9(6-7-18)2-1-3-12(14)17/h1-5,8H,6-7,18H2. The van der Waals surface area contributed by atoms with E-state index in [1.807, 2.05) is 0 Å². The van der Waals surface area contributed by atoms with Gasteiger partial charge in [-0.15, -0.1) is 0 Å². The average molecular weight is 300 g/mol. The van der Waals surface area contributed by atoms with Gasteiger partial charge in [-0.1, -0.05) is 35.3 Å². The number of hydrogen-bond acceptors (Lipinski definition) is 2. The first kappa shape index (κ1) is 14.1. The van der Waals surface area contributed by atoms with Gasteiger partial charge in [0, 0.05) is 5.02 Å². The smallest absolute Gasteiger partial charge is 0.166 e. The minimum atomic E-state index is -0.447. The van der Waals surface area contributed by atoms with Crippen molar-refractivity contribution < 1.29 is 9.13 Å². The van der Waals surface area contributed by atoms with Crippen LogP contribution in [0.1, 0.15) is 5.56 Å². The van der Waals surface area contributed by atoms with E-state index in [0.717, 1.165) is 0 Å². The van der Waals surface area contributed by atoms with Gasteiger partial charge in [-0.05, 0) is 42.8 Å². The number of nitrogens with two attached hydrogens (primary N) is 1. The SMILES string of the molecule is NCCc1cccc(F)c1Oc1ccc(Cl)cc1Cl. The van der Waals surface area contributed by atoms with E-state index in [2.05, 4.69) is 0 Å². The molecule has 2 nitrogen and oxygen atoms in total. The summed E-state index contributed by atoms with van der Waals surface area (Å²) in [6, 6.07) is 9.50. The van der Waals surface area contributed by atoms with E-state index in [1.54, 1.807) is 30.3 Å². The first-order chi connectivity index (χ1) is 9.11. The number of hydrogen-bond donors (Lipinski definition) is 1. The van der Waals surface area contributed by atoms with Crippen molar-refractivity contribution in [2.45, 2.75) is 6.42 Å². The van der Waals surface area contributed by atoms with Gasteiger partial charge >= 0.3 is 0 Å². The van der Waals surface area contributed by atoms with E-state index in [4.69, 9.17) is 33.7 Å². The predicted molar refractivity (Wildman–Crippen MR) is 75.7 cm³/mol. The Labute approximate surface area is 120 Å². The molecule has 0 aliphatic rings. The van der Waals surface area contributed by atoms with E-state index >= 15 is 0 Å². The Balaban J connectivity index is 2.37. The van der Waals surface area contributed by atoms with Crippen LogP contribution in [0, 0.1) is 5.82 Å². The van der Waals surface area contributed by atoms with Crippen LogP contribution in [-0.4, -0.2) is 6.54 Å². The maximum Gasteiger partial charge on any atom is 0.166 e. The summed E-state index contributed by atoms with van der Waals surface area (Å²) >= 11 is 11.8. The van der Waals surface area contributed by atoms with Crippen LogP contribution in [0.3, 0.4) is 0 Å². The lowest BCUT2D eigenvalue weighted by Gasteiger charge is -2.12. The predicted octanol–water partition coefficient (Wildman–Crippen LogP) is 4.43. The van der Waals surface area contributed by atoms with Crippen molar-refractivity contribution in [2.75, 3.05) is 6.54 Å². The lowest BCUT2D eigenvalue weighted by Crippen LogP contribution is -2.05. The van der Waals surface area contributed by atoms with Crippen LogP contribution in [0.25, 0.3) is 0 Å². The zero-order chi connectivity index (χ0) is 13.8. The Morgan fingerprint density at radius 3 is 2.63 bits per heavy atom. The Morgan fingerprint density at radius 2 is 1.95 bits per heavy atom. The second kappa shape index (κ2) is 6.24. The van der Waals surface area contributed by atoms with Gasteiger partial charge in [-0.2, -0.15) is 0 Å². The first-order valence-corrected chi connectivity index (χ1v) is 6.47. The fourth-order valence-electron chi connectivity index (χ4n) is 1.69. The zero-order valence-corrected chi connectivity index (χ0v) is 11.5. The van der Waals surface area contributed by atoms with E-state index in [0.29, 0.717) is 34.3 Å². The second-order valence-corrected chi connectivity index (χ2v) is 4.79. The lowest BCUT2D eigenvalue weighted by molar-refractivity contribution is 0.436. The molecule has 0 atom stereocenters. The summed E-state index contributed by atoms with van der Waals surface area (Å²) in [6.45, 7) is 0.411. The third kappa shape index (κ3) is 3.38. The molecule has 100 valence electrons. The molecule has 0 radical (unpaired) electrons. The van der Waals surface area contributed by atoms with Gasteiger partial charge in [-0.25, -0.2) is 4.39 Å². The molecule has 0 amide bonds. The lowest BCUT2D eigenvalue weighted by atomic mass is 10.1. The molecule has 19 heavy (non-hydrogen) atoms. The molecule has 2 aromatic rings. The van der Waals surface area contributed by atoms with Gasteiger partial charge in [0.2, 0.25) is 0 Å². The number of rotatable bonds is 4. The molecule has 5 heteroatoms. The fourth-order valence-corrected chi connectivity index (χ4v) is 2.14. The molecule has 0 fully saturated rings. The molecule has 0 aliphatic carbocycles. The highest BCUT2D eigenvalue weighted by atomic mass is 35.5. The number of para-hydroxylation sites is 1. The highest BCUT2D eigenvalue weighted by Gasteiger charge is 2.12. The molecule has 0 aromatic heterocycles. The minimum absolute atomic E-state index is 0.150. The van der Waals surface area contributed by atoms with E-state index < -0.39 is 5.82 Å². The molecule has 0 saturated heterocycles. The van der Waals surface area contributed by atoms with Crippen LogP contribution in [0.2, 0.25) is 10.0 Å². The highest BCUT2D eigenvalue weighted by Crippen LogP contribution is 2.34. The highest BCUT2D eigenvalue weighted by molar-refractivity contribution is 6.35. The van der Waals surface area contributed by atoms with Crippen LogP contribution in [0.4, 0.5) is 4.39 Å². The topological polar surface area (TPSA) is 35.2 Å². The third-order valence-corrected chi connectivity index (χ3v) is 3.10. The summed E-state index contributed by atoms with van der Waals surface area (Å²) in [6.07, 6.45) is 0.526. The van der Waals surface area contributed by atoms with Gasteiger partial charge in [0.15, 0.2) is 11.6 Å². The molecular formula is C14H12Cl2FNO. The van der Waals surface area contributed by atoms with Gasteiger partial charge in [0.25, 0.3) is 0 Å². The maximum atomic E-state index is 13.8. The van der Waals surface area contributed by atoms with Crippen LogP contribution in [0.5, 0.6) is 11.5 Å². The number of benzene rings is 2. The molecule has 0 heterocycles. The van der Waals surface area contributed by atoms with E-state index in [-0.39, 0.29) is 5.75 Å². The van der Waals surface area contributed by atoms with E-state index in [1.165, 1.54) is 6.07 Å². The zero-order valence-electron chi connectivity index (χ0n) is 10.00. The summed E-state index contributed by atoms with van der Waals surface area (Å²) < 4.78 is 19.4. The van der Waals surface area contributed by atoms with Gasteiger partial charge < -0.3 is 10.5 Å². The van der Waals surface area contributed by atoms with Crippen LogP contribution in [-0.2, 0) is 6.42 Å². The van der Waals surface area contributed by atoms with Crippen LogP contribution >= 0.6 is 23.2 Å². The minimum Gasteiger partial charge on any atom is -0.452 e. The number of ether oxygens (including phenoxy) is 1. The third-order valence-electron chi connectivity index (χ3n) is 2.57. The van der Waals surface area contributed by atoms with Gasteiger partial charge in [0.05, 0.1) is 5.02 Å². The Hall–Kier alpha value is -1.29. The Bertz CT molecular complexity index is 590. The van der Waals surface area contributed by atoms with Crippen molar-refractivity contribution in [2.24, 2.45) is 5.73 Å². The largest absolute Gasteiger partial charge is 0.452 e. The Kier molecular flexibility index (Phi) is 4.64. The molecule has 0 bridgehead atoms. The average Bonchev–Trinajstić information content (AvgIpc) is 2.36. The molecule has 2 rings (SSSR count). The molecule has 0 saturated carbocycles. The Morgan fingerprint density at radius 1 is 1.16 bits per heavy atom. The summed E-state index contributed by atoms with van der Waals surface area (Å²) in [5.74, 6) is 0.0589. The van der Waals surface area contributed by atoms with E-state index in [9.17, 15) is 4.39 Å². The monoisotopic (exact) mass is 299 g/mol.